The highest BCUT2D eigenvalue weighted by Crippen LogP contribution is 2.45. The van der Waals surface area contributed by atoms with Gasteiger partial charge in [-0.1, -0.05) is 204 Å². The minimum absolute atomic E-state index is 0.0964. The highest BCUT2D eigenvalue weighted by molar-refractivity contribution is 6.66. The Balaban J connectivity index is 1.62. The van der Waals surface area contributed by atoms with Crippen molar-refractivity contribution in [3.63, 3.8) is 0 Å². The maximum Gasteiger partial charge on any atom is 0.456 e. The highest BCUT2D eigenvalue weighted by Gasteiger charge is 2.58. The molecule has 0 fully saturated rings. The van der Waals surface area contributed by atoms with Gasteiger partial charge in [0.25, 0.3) is 0 Å². The Morgan fingerprint density at radius 1 is 0.500 bits per heavy atom. The minimum Gasteiger partial charge on any atom is -0.406 e. The van der Waals surface area contributed by atoms with Crippen LogP contribution in [0.4, 0.5) is 35.1 Å². The molecular formula is C60H63BF8N2O. The van der Waals surface area contributed by atoms with Crippen molar-refractivity contribution < 1.29 is 39.8 Å². The van der Waals surface area contributed by atoms with E-state index in [0.29, 0.717) is 45.1 Å². The summed E-state index contributed by atoms with van der Waals surface area (Å²) in [5.74, 6) is -5.33. The van der Waals surface area contributed by atoms with Gasteiger partial charge in [0, 0.05) is 28.1 Å². The van der Waals surface area contributed by atoms with Gasteiger partial charge < -0.3 is 9.13 Å². The fraction of sp³-hybridized carbons (Fsp3) is 0.350. The average molecular weight is 991 g/mol. The molecule has 6 aromatic rings. The van der Waals surface area contributed by atoms with Crippen molar-refractivity contribution in [2.24, 2.45) is 4.99 Å². The summed E-state index contributed by atoms with van der Waals surface area (Å²) in [5.41, 5.74) is 8.71. The number of hydrogen-bond acceptors (Lipinski definition) is 2. The van der Waals surface area contributed by atoms with E-state index in [9.17, 15) is 26.3 Å². The first-order valence-electron chi connectivity index (χ1n) is 24.1. The molecule has 2 heterocycles. The molecule has 0 N–H and O–H groups in total. The van der Waals surface area contributed by atoms with Crippen LogP contribution in [0, 0.1) is 0 Å². The molecule has 1 aromatic heterocycles. The Morgan fingerprint density at radius 3 is 1.29 bits per heavy atom. The minimum atomic E-state index is -6.00. The van der Waals surface area contributed by atoms with E-state index >= 15 is 8.78 Å². The molecule has 0 atom stereocenters. The van der Waals surface area contributed by atoms with Gasteiger partial charge in [0.15, 0.2) is 0 Å². The standard InChI is InChI=1S/C60H63BF8N2O/c1-37(52-48(38-14-22-42(23-15-38)54(2,3)4)34-50(70-52)40-18-26-44(27-19-40)56(8,9)10)53-49(39-16-24-43(25-17-39)55(5,6)7)35-51(41-20-28-45(29-21-41)57(11,12)13)71(53)61(72-36-58(62,63)60(67,68)69)47-32-30-46(31-33-47)59(64,65)66/h14-35H,36H2,1-13H3/b52-37-. The zero-order valence-electron chi connectivity index (χ0n) is 43.3. The van der Waals surface area contributed by atoms with Crippen LogP contribution in [0.3, 0.4) is 0 Å². The number of hydrogen-bond donors (Lipinski definition) is 0. The smallest absolute Gasteiger partial charge is 0.406 e. The van der Waals surface area contributed by atoms with Crippen molar-refractivity contribution in [2.45, 2.75) is 130 Å². The number of aromatic nitrogens is 1. The van der Waals surface area contributed by atoms with Crippen LogP contribution >= 0.6 is 0 Å². The predicted octanol–water partition coefficient (Wildman–Crippen LogP) is 16.8. The largest absolute Gasteiger partial charge is 0.456 e. The average Bonchev–Trinajstić information content (AvgIpc) is 3.91. The summed E-state index contributed by atoms with van der Waals surface area (Å²) >= 11 is 0. The summed E-state index contributed by atoms with van der Waals surface area (Å²) in [6, 6.07) is 37.1. The summed E-state index contributed by atoms with van der Waals surface area (Å²) in [6.45, 7) is 24.8. The number of nitrogens with zero attached hydrogens (tertiary/aromatic N) is 2. The van der Waals surface area contributed by atoms with Crippen LogP contribution in [0.1, 0.15) is 135 Å². The Kier molecular flexibility index (Phi) is 14.3. The third kappa shape index (κ3) is 11.4. The molecule has 3 nitrogen and oxygen atoms in total. The summed E-state index contributed by atoms with van der Waals surface area (Å²) in [4.78, 5) is 5.34. The van der Waals surface area contributed by atoms with Crippen LogP contribution < -0.4 is 5.46 Å². The molecule has 0 unspecified atom stereocenters. The van der Waals surface area contributed by atoms with Gasteiger partial charge in [0.1, 0.15) is 6.61 Å². The monoisotopic (exact) mass is 990 g/mol. The van der Waals surface area contributed by atoms with Crippen molar-refractivity contribution in [3.05, 3.63) is 184 Å². The van der Waals surface area contributed by atoms with E-state index in [0.717, 1.165) is 63.2 Å². The summed E-state index contributed by atoms with van der Waals surface area (Å²) in [6.07, 6.45) is -8.78. The molecule has 0 amide bonds. The SMILES string of the molecule is C/C(=C1/N=C(c2ccc(C(C)(C)C)cc2)C=C1c1ccc(C(C)(C)C)cc1)c1c(-c2ccc(C(C)(C)C)cc2)cc(-c2ccc(C(C)(C)C)cc2)n1B(OCC(F)(F)C(F)(F)F)c1ccc(C(F)(F)F)cc1. The third-order valence-corrected chi connectivity index (χ3v) is 13.3. The Hall–Kier alpha value is -6.01. The third-order valence-electron chi connectivity index (χ3n) is 13.3. The van der Waals surface area contributed by atoms with E-state index in [4.69, 9.17) is 9.65 Å². The molecule has 378 valence electrons. The molecule has 0 saturated heterocycles. The number of aliphatic imine (C=N–C) groups is 1. The van der Waals surface area contributed by atoms with Gasteiger partial charge in [-0.15, -0.1) is 0 Å². The van der Waals surface area contributed by atoms with Crippen molar-refractivity contribution in [3.8, 4) is 22.4 Å². The Morgan fingerprint density at radius 2 is 0.889 bits per heavy atom. The first-order chi connectivity index (χ1) is 33.1. The first kappa shape index (κ1) is 53.8. The zero-order valence-corrected chi connectivity index (χ0v) is 43.3. The second-order valence-electron chi connectivity index (χ2n) is 23.0. The van der Waals surface area contributed by atoms with E-state index in [2.05, 4.69) is 86.6 Å². The fourth-order valence-electron chi connectivity index (χ4n) is 8.78. The normalized spacial score (nSPS) is 14.9. The second kappa shape index (κ2) is 19.1. The van der Waals surface area contributed by atoms with E-state index < -0.39 is 37.5 Å². The lowest BCUT2D eigenvalue weighted by Gasteiger charge is -2.27. The molecule has 72 heavy (non-hydrogen) atoms. The molecule has 5 aromatic carbocycles. The lowest BCUT2D eigenvalue weighted by molar-refractivity contribution is -0.290. The number of halogens is 8. The number of allylic oxidation sites excluding steroid dienone is 3. The summed E-state index contributed by atoms with van der Waals surface area (Å²) < 4.78 is 122. The molecule has 12 heteroatoms. The molecule has 7 rings (SSSR count). The van der Waals surface area contributed by atoms with Gasteiger partial charge in [-0.25, -0.2) is 4.99 Å². The van der Waals surface area contributed by atoms with Crippen LogP contribution in [0.15, 0.2) is 144 Å². The van der Waals surface area contributed by atoms with Gasteiger partial charge in [-0.2, -0.15) is 35.1 Å². The van der Waals surface area contributed by atoms with Crippen molar-refractivity contribution in [2.75, 3.05) is 6.61 Å². The van der Waals surface area contributed by atoms with Crippen LogP contribution in [0.5, 0.6) is 0 Å². The van der Waals surface area contributed by atoms with Gasteiger partial charge in [-0.3, -0.25) is 0 Å². The van der Waals surface area contributed by atoms with Gasteiger partial charge in [-0.05, 0) is 90.7 Å². The van der Waals surface area contributed by atoms with Crippen molar-refractivity contribution >= 4 is 29.4 Å². The van der Waals surface area contributed by atoms with Crippen molar-refractivity contribution in [1.29, 1.82) is 0 Å². The van der Waals surface area contributed by atoms with E-state index in [1.807, 2.05) is 113 Å². The molecule has 0 saturated carbocycles. The second-order valence-corrected chi connectivity index (χ2v) is 23.0. The maximum absolute atomic E-state index is 15.2. The van der Waals surface area contributed by atoms with Gasteiger partial charge in [0.05, 0.1) is 17.0 Å². The molecular weight excluding hydrogens is 927 g/mol. The maximum atomic E-state index is 15.2. The number of benzene rings is 5. The number of rotatable bonds is 10. The first-order valence-corrected chi connectivity index (χ1v) is 24.1. The number of alkyl halides is 8. The Labute approximate surface area is 419 Å². The highest BCUT2D eigenvalue weighted by atomic mass is 19.4. The Bertz CT molecular complexity index is 3000. The fourth-order valence-corrected chi connectivity index (χ4v) is 8.78. The van der Waals surface area contributed by atoms with Crippen LogP contribution in [0.2, 0.25) is 0 Å². The summed E-state index contributed by atoms with van der Waals surface area (Å²) in [7, 11) is -1.83. The zero-order chi connectivity index (χ0) is 53.1. The quantitative estimate of drug-likeness (QED) is 0.0992. The van der Waals surface area contributed by atoms with E-state index in [-0.39, 0.29) is 27.1 Å². The van der Waals surface area contributed by atoms with Gasteiger partial charge >= 0.3 is 25.3 Å². The van der Waals surface area contributed by atoms with Crippen molar-refractivity contribution in [1.82, 2.24) is 4.48 Å². The van der Waals surface area contributed by atoms with E-state index in [1.165, 1.54) is 0 Å². The molecule has 1 aliphatic heterocycles. The van der Waals surface area contributed by atoms with Crippen LogP contribution in [-0.4, -0.2) is 35.9 Å². The molecule has 0 bridgehead atoms. The lowest BCUT2D eigenvalue weighted by atomic mass is 9.71. The topological polar surface area (TPSA) is 26.5 Å². The molecule has 0 aliphatic carbocycles. The predicted molar refractivity (Wildman–Crippen MR) is 279 cm³/mol. The summed E-state index contributed by atoms with van der Waals surface area (Å²) in [5, 5.41) is 0. The molecule has 0 radical (unpaired) electrons. The molecule has 1 aliphatic rings. The van der Waals surface area contributed by atoms with E-state index in [1.54, 1.807) is 4.48 Å². The van der Waals surface area contributed by atoms with Crippen LogP contribution in [-0.2, 0) is 32.5 Å². The lowest BCUT2D eigenvalue weighted by Crippen LogP contribution is -2.48. The van der Waals surface area contributed by atoms with Crippen LogP contribution in [0.25, 0.3) is 33.5 Å². The van der Waals surface area contributed by atoms with Gasteiger partial charge in [0.2, 0.25) is 0 Å². The molecule has 0 spiro atoms.